The molecule has 8 aliphatic rings. The molecule has 6 bridgehead atoms. The van der Waals surface area contributed by atoms with Gasteiger partial charge in [0.1, 0.15) is 35.9 Å². The summed E-state index contributed by atoms with van der Waals surface area (Å²) in [6.07, 6.45) is -14.7. The Labute approximate surface area is 468 Å². The Balaban J connectivity index is 1.13. The van der Waals surface area contributed by atoms with Crippen LogP contribution < -0.4 is 9.47 Å². The van der Waals surface area contributed by atoms with Crippen LogP contribution >= 0.6 is 0 Å². The Kier molecular flexibility index (Phi) is 10.9. The predicted octanol–water partition coefficient (Wildman–Crippen LogP) is 2.42. The number of aliphatic hydroxyl groups excluding tert-OH is 2. The van der Waals surface area contributed by atoms with Gasteiger partial charge in [0.05, 0.1) is 34.3 Å². The van der Waals surface area contributed by atoms with E-state index in [2.05, 4.69) is 0 Å². The van der Waals surface area contributed by atoms with Gasteiger partial charge in [0.25, 0.3) is 0 Å². The van der Waals surface area contributed by atoms with Crippen LogP contribution in [-0.2, 0) is 39.7 Å². The van der Waals surface area contributed by atoms with E-state index in [-0.39, 0.29) is 16.9 Å². The minimum absolute atomic E-state index is 0.0653. The Hall–Kier alpha value is -11.6. The zero-order valence-corrected chi connectivity index (χ0v) is 42.0. The number of cyclic esters (lactones) is 1. The van der Waals surface area contributed by atoms with Gasteiger partial charge in [0.2, 0.25) is 34.4 Å². The zero-order valence-electron chi connectivity index (χ0n) is 42.0. The number of benzene rings is 6. The average molecular weight is 1180 g/mol. The lowest BCUT2D eigenvalue weighted by Gasteiger charge is -2.47. The highest BCUT2D eigenvalue weighted by Crippen LogP contribution is 2.68. The number of hydrogen-bond acceptors (Lipinski definition) is 30. The molecule has 0 radical (unpaired) electrons. The molecular weight excluding hydrogens is 1140 g/mol. The number of hydrogen-bond donors (Lipinski definition) is 17. The molecule has 1 fully saturated rings. The Morgan fingerprint density at radius 3 is 1.60 bits per heavy atom. The molecule has 436 valence electrons. The molecule has 6 aromatic carbocycles. The first-order chi connectivity index (χ1) is 40.2. The van der Waals surface area contributed by atoms with Gasteiger partial charge >= 0.3 is 29.8 Å². The molecule has 0 saturated carbocycles. The highest BCUT2D eigenvalue weighted by atomic mass is 16.6. The molecule has 0 aromatic heterocycles. The molecule has 30 heteroatoms. The number of phenols is 15. The fraction of sp³-hybridized carbons (Fsp3) is 0.200. The lowest BCUT2D eigenvalue weighted by molar-refractivity contribution is -0.200. The molecule has 6 aromatic rings. The van der Waals surface area contributed by atoms with Crippen LogP contribution in [0.2, 0.25) is 0 Å². The van der Waals surface area contributed by atoms with Crippen molar-refractivity contribution in [1.29, 1.82) is 0 Å². The predicted molar refractivity (Wildman–Crippen MR) is 267 cm³/mol. The van der Waals surface area contributed by atoms with Crippen molar-refractivity contribution in [2.24, 2.45) is 5.92 Å². The zero-order chi connectivity index (χ0) is 60.8. The maximum Gasteiger partial charge on any atom is 0.340 e. The first-order valence-corrected chi connectivity index (χ1v) is 24.8. The molecular formula is C55H36O30. The van der Waals surface area contributed by atoms with Crippen LogP contribution in [0.4, 0.5) is 0 Å². The number of aliphatic hydroxyl groups is 2. The lowest BCUT2D eigenvalue weighted by atomic mass is 9.66. The second-order valence-corrected chi connectivity index (χ2v) is 20.5. The number of fused-ring (bicyclic) bond motifs is 10. The van der Waals surface area contributed by atoms with Crippen molar-refractivity contribution >= 4 is 41.2 Å². The number of rotatable bonds is 1. The monoisotopic (exact) mass is 1180 g/mol. The van der Waals surface area contributed by atoms with Gasteiger partial charge < -0.3 is 120 Å². The van der Waals surface area contributed by atoms with Crippen LogP contribution in [0.15, 0.2) is 48.2 Å². The number of esters is 5. The van der Waals surface area contributed by atoms with Crippen molar-refractivity contribution in [2.75, 3.05) is 6.61 Å². The second-order valence-electron chi connectivity index (χ2n) is 20.5. The van der Waals surface area contributed by atoms with E-state index in [1.165, 1.54) is 6.07 Å². The van der Waals surface area contributed by atoms with E-state index in [4.69, 9.17) is 33.2 Å². The summed E-state index contributed by atoms with van der Waals surface area (Å²) in [5.41, 5.74) is -16.7. The van der Waals surface area contributed by atoms with Gasteiger partial charge in [-0.15, -0.1) is 0 Å². The molecule has 30 nitrogen and oxygen atoms in total. The quantitative estimate of drug-likeness (QED) is 0.0638. The van der Waals surface area contributed by atoms with E-state index >= 15 is 24.0 Å². The van der Waals surface area contributed by atoms with Crippen LogP contribution in [0.1, 0.15) is 75.7 Å². The first-order valence-electron chi connectivity index (χ1n) is 24.8. The third-order valence-corrected chi connectivity index (χ3v) is 16.1. The van der Waals surface area contributed by atoms with Crippen LogP contribution in [0.3, 0.4) is 0 Å². The molecule has 9 unspecified atom stereocenters. The fourth-order valence-electron chi connectivity index (χ4n) is 12.4. The van der Waals surface area contributed by atoms with E-state index in [0.717, 1.165) is 18.2 Å². The van der Waals surface area contributed by atoms with Gasteiger partial charge in [0.15, 0.2) is 87.7 Å². The summed E-state index contributed by atoms with van der Waals surface area (Å²) < 4.78 is 42.3. The molecule has 85 heavy (non-hydrogen) atoms. The number of ether oxygens (including phenoxy) is 7. The van der Waals surface area contributed by atoms with E-state index in [1.807, 2.05) is 0 Å². The number of phenolic OH excluding ortho intramolecular Hbond substituents is 15. The molecule has 1 aliphatic carbocycles. The van der Waals surface area contributed by atoms with Crippen molar-refractivity contribution in [2.45, 2.75) is 54.6 Å². The van der Waals surface area contributed by atoms with Crippen LogP contribution in [0.5, 0.6) is 97.7 Å². The fourth-order valence-corrected chi connectivity index (χ4v) is 12.4. The molecule has 17 N–H and O–H groups in total. The van der Waals surface area contributed by atoms with Gasteiger partial charge in [-0.1, -0.05) is 6.07 Å². The third-order valence-electron chi connectivity index (χ3n) is 16.1. The van der Waals surface area contributed by atoms with Crippen molar-refractivity contribution in [3.05, 3.63) is 92.7 Å². The highest BCUT2D eigenvalue weighted by Gasteiger charge is 2.76. The first kappa shape index (κ1) is 52.8. The number of ketones is 1. The largest absolute Gasteiger partial charge is 0.507 e. The summed E-state index contributed by atoms with van der Waals surface area (Å²) >= 11 is 0. The van der Waals surface area contributed by atoms with Crippen LogP contribution in [-0.4, -0.2) is 165 Å². The maximum absolute atomic E-state index is 15.7. The number of Topliss-reactive ketones (excluding diaryl/α,β-unsaturated/α-hetero) is 1. The normalized spacial score (nSPS) is 25.0. The van der Waals surface area contributed by atoms with Gasteiger partial charge in [0, 0.05) is 57.0 Å². The average Bonchev–Trinajstić information content (AvgIpc) is 1.52. The Morgan fingerprint density at radius 2 is 1.00 bits per heavy atom. The van der Waals surface area contributed by atoms with Crippen molar-refractivity contribution < 1.29 is 149 Å². The second kappa shape index (κ2) is 17.5. The standard InChI is InChI=1S/C55H36O30/c56-15-2-1-10(3-16(15)57)44-21(62)4-11-22(80-44)8-17(58)27-32-47-48-46-23(9-79-50(74)12-5-18(59)34(63)37(66)24(12)25-13(52(76)82-46)6-19(60)35(64)38(25)67)81-51(75)14-7-20(61)36(65)39(68)26(14)28-30(53(77)84-48)29(41(70)43(72)40(28)69)31-33(54(78)83-47)55(32,85-45(11)27)49(73)42(31)71/h1-3,5-8,21,23,32-33,44,46-48,56-72H,4,9H2. The summed E-state index contributed by atoms with van der Waals surface area (Å²) in [5, 5.41) is 192. The molecule has 1 saturated heterocycles. The summed E-state index contributed by atoms with van der Waals surface area (Å²) in [6.45, 7) is -1.57. The summed E-state index contributed by atoms with van der Waals surface area (Å²) in [5.74, 6) is -39.0. The molecule has 7 heterocycles. The number of aromatic hydroxyl groups is 15. The van der Waals surface area contributed by atoms with Crippen molar-refractivity contribution in [3.8, 4) is 120 Å². The van der Waals surface area contributed by atoms with Gasteiger partial charge in [-0.2, -0.15) is 0 Å². The van der Waals surface area contributed by atoms with Crippen molar-refractivity contribution in [1.82, 2.24) is 0 Å². The minimum atomic E-state index is -3.16. The van der Waals surface area contributed by atoms with Gasteiger partial charge in [-0.3, -0.25) is 9.59 Å². The van der Waals surface area contributed by atoms with E-state index < -0.39 is 262 Å². The van der Waals surface area contributed by atoms with E-state index in [0.29, 0.717) is 18.2 Å². The SMILES string of the molecule is O=C1OCC2OC(=O)c3cc(O)c(O)c(O)c3-c3c(O)c(O)c(O)c4c3C(=O)OC(C2OC(=O)c2cc(O)c(O)c(O)c2-c2c1cc(O)c(O)c2O)C1OC(=O)C2C4=C(O)C(=O)C23Oc2c4c(cc(O)c2C13)OC(c1ccc(O)c(O)c1)C(O)C4. The van der Waals surface area contributed by atoms with Crippen LogP contribution in [0.25, 0.3) is 27.8 Å². The van der Waals surface area contributed by atoms with Gasteiger partial charge in [-0.05, 0) is 35.9 Å². The molecule has 1 spiro atoms. The molecule has 9 atom stereocenters. The minimum Gasteiger partial charge on any atom is -0.507 e. The lowest BCUT2D eigenvalue weighted by Crippen LogP contribution is -2.65. The molecule has 0 amide bonds. The number of carbonyl (C=O) groups is 6. The van der Waals surface area contributed by atoms with E-state index in [1.54, 1.807) is 0 Å². The topological polar surface area (TPSA) is 511 Å². The molecule has 7 aliphatic heterocycles. The van der Waals surface area contributed by atoms with Crippen molar-refractivity contribution in [3.63, 3.8) is 0 Å². The highest BCUT2D eigenvalue weighted by molar-refractivity contribution is 6.22. The number of carbonyl (C=O) groups excluding carboxylic acids is 6. The summed E-state index contributed by atoms with van der Waals surface area (Å²) in [7, 11) is 0. The Bertz CT molecular complexity index is 4230. The summed E-state index contributed by atoms with van der Waals surface area (Å²) in [4.78, 5) is 91.4. The van der Waals surface area contributed by atoms with Crippen LogP contribution in [0, 0.1) is 5.92 Å². The Morgan fingerprint density at radius 1 is 0.459 bits per heavy atom. The molecule has 14 rings (SSSR count). The summed E-state index contributed by atoms with van der Waals surface area (Å²) in [6, 6.07) is 5.38. The maximum atomic E-state index is 15.7. The van der Waals surface area contributed by atoms with E-state index in [9.17, 15) is 91.6 Å². The third kappa shape index (κ3) is 6.83. The smallest absolute Gasteiger partial charge is 0.340 e. The van der Waals surface area contributed by atoms with Gasteiger partial charge in [-0.25, -0.2) is 19.2 Å².